The number of carbonyl (C=O) groups excluding carboxylic acids is 1. The summed E-state index contributed by atoms with van der Waals surface area (Å²) in [5.74, 6) is 1.31. The molecule has 0 radical (unpaired) electrons. The van der Waals surface area contributed by atoms with Crippen LogP contribution in [0.4, 0.5) is 11.4 Å². The Hall–Kier alpha value is -1.71. The van der Waals surface area contributed by atoms with Crippen LogP contribution >= 0.6 is 0 Å². The van der Waals surface area contributed by atoms with Gasteiger partial charge in [0.25, 0.3) is 0 Å². The van der Waals surface area contributed by atoms with E-state index in [9.17, 15) is 4.79 Å². The molecule has 92 valence electrons. The van der Waals surface area contributed by atoms with Gasteiger partial charge in [0, 0.05) is 12.5 Å². The van der Waals surface area contributed by atoms with Gasteiger partial charge in [-0.05, 0) is 30.9 Å². The Balaban J connectivity index is 1.95. The number of rotatable bonds is 4. The molecule has 1 amide bonds. The molecule has 0 heterocycles. The minimum atomic E-state index is 0.0477. The molecule has 0 saturated heterocycles. The lowest BCUT2D eigenvalue weighted by molar-refractivity contribution is -0.117. The van der Waals surface area contributed by atoms with Crippen LogP contribution in [0.25, 0.3) is 0 Å². The average Bonchev–Trinajstić information content (AvgIpc) is 2.26. The van der Waals surface area contributed by atoms with Crippen molar-refractivity contribution in [3.05, 3.63) is 18.2 Å². The van der Waals surface area contributed by atoms with Crippen LogP contribution in [-0.2, 0) is 4.79 Å². The van der Waals surface area contributed by atoms with Gasteiger partial charge >= 0.3 is 0 Å². The van der Waals surface area contributed by atoms with Gasteiger partial charge in [-0.2, -0.15) is 0 Å². The number of ether oxygens (including phenoxy) is 1. The van der Waals surface area contributed by atoms with E-state index in [0.717, 1.165) is 0 Å². The first-order valence-corrected chi connectivity index (χ1v) is 5.92. The quantitative estimate of drug-likeness (QED) is 0.786. The van der Waals surface area contributed by atoms with E-state index in [1.807, 2.05) is 0 Å². The molecular formula is C13H18N2O2. The highest BCUT2D eigenvalue weighted by molar-refractivity contribution is 5.94. The molecule has 1 aromatic carbocycles. The number of amides is 1. The standard InChI is InChI=1S/C13H18N2O2/c1-17-10-5-6-12(11(14)8-10)15-13(16)7-9-3-2-4-9/h5-6,8-9H,2-4,7,14H2,1H3,(H,15,16). The molecule has 17 heavy (non-hydrogen) atoms. The van der Waals surface area contributed by atoms with Gasteiger partial charge in [0.15, 0.2) is 0 Å². The van der Waals surface area contributed by atoms with Crippen LogP contribution in [-0.4, -0.2) is 13.0 Å². The predicted molar refractivity (Wildman–Crippen MR) is 68.0 cm³/mol. The summed E-state index contributed by atoms with van der Waals surface area (Å²) in [6, 6.07) is 5.26. The first-order chi connectivity index (χ1) is 8.19. The number of methoxy groups -OCH3 is 1. The zero-order valence-electron chi connectivity index (χ0n) is 10.0. The number of carbonyl (C=O) groups is 1. The molecule has 4 nitrogen and oxygen atoms in total. The highest BCUT2D eigenvalue weighted by Crippen LogP contribution is 2.30. The highest BCUT2D eigenvalue weighted by atomic mass is 16.5. The van der Waals surface area contributed by atoms with Crippen molar-refractivity contribution in [2.45, 2.75) is 25.7 Å². The first kappa shape index (κ1) is 11.8. The minimum absolute atomic E-state index is 0.0477. The van der Waals surface area contributed by atoms with Crippen LogP contribution in [0.15, 0.2) is 18.2 Å². The molecule has 2 rings (SSSR count). The van der Waals surface area contributed by atoms with E-state index in [1.54, 1.807) is 25.3 Å². The van der Waals surface area contributed by atoms with E-state index >= 15 is 0 Å². The summed E-state index contributed by atoms with van der Waals surface area (Å²) in [7, 11) is 1.59. The van der Waals surface area contributed by atoms with Crippen molar-refractivity contribution in [2.75, 3.05) is 18.2 Å². The van der Waals surface area contributed by atoms with E-state index in [1.165, 1.54) is 19.3 Å². The van der Waals surface area contributed by atoms with Crippen LogP contribution in [0.2, 0.25) is 0 Å². The van der Waals surface area contributed by atoms with Crippen LogP contribution in [0.3, 0.4) is 0 Å². The third-order valence-corrected chi connectivity index (χ3v) is 3.23. The zero-order chi connectivity index (χ0) is 12.3. The van der Waals surface area contributed by atoms with E-state index in [0.29, 0.717) is 29.5 Å². The molecule has 0 spiro atoms. The molecule has 1 saturated carbocycles. The normalized spacial score (nSPS) is 15.1. The number of nitrogens with two attached hydrogens (primary N) is 1. The summed E-state index contributed by atoms with van der Waals surface area (Å²) < 4.78 is 5.05. The molecule has 1 aliphatic carbocycles. The molecule has 0 aliphatic heterocycles. The van der Waals surface area contributed by atoms with Gasteiger partial charge in [-0.15, -0.1) is 0 Å². The predicted octanol–water partition coefficient (Wildman–Crippen LogP) is 2.41. The number of anilines is 2. The van der Waals surface area contributed by atoms with Gasteiger partial charge in [-0.3, -0.25) is 4.79 Å². The third-order valence-electron chi connectivity index (χ3n) is 3.23. The van der Waals surface area contributed by atoms with Gasteiger partial charge in [0.05, 0.1) is 18.5 Å². The molecule has 1 fully saturated rings. The molecule has 0 aromatic heterocycles. The fourth-order valence-corrected chi connectivity index (χ4v) is 1.94. The van der Waals surface area contributed by atoms with Crippen molar-refractivity contribution in [3.8, 4) is 5.75 Å². The molecule has 0 unspecified atom stereocenters. The van der Waals surface area contributed by atoms with Gasteiger partial charge in [0.1, 0.15) is 5.75 Å². The fourth-order valence-electron chi connectivity index (χ4n) is 1.94. The fraction of sp³-hybridized carbons (Fsp3) is 0.462. The maximum atomic E-state index is 11.7. The maximum Gasteiger partial charge on any atom is 0.224 e. The Morgan fingerprint density at radius 3 is 2.82 bits per heavy atom. The Labute approximate surface area is 101 Å². The Kier molecular flexibility index (Phi) is 3.52. The number of nitrogens with one attached hydrogen (secondary N) is 1. The van der Waals surface area contributed by atoms with Gasteiger partial charge in [-0.25, -0.2) is 0 Å². The second-order valence-electron chi connectivity index (χ2n) is 4.50. The summed E-state index contributed by atoms with van der Waals surface area (Å²) in [4.78, 5) is 11.7. The van der Waals surface area contributed by atoms with Crippen molar-refractivity contribution in [2.24, 2.45) is 5.92 Å². The number of benzene rings is 1. The molecule has 4 heteroatoms. The number of nitrogen functional groups attached to an aromatic ring is 1. The summed E-state index contributed by atoms with van der Waals surface area (Å²) in [6.07, 6.45) is 4.20. The van der Waals surface area contributed by atoms with E-state index in [2.05, 4.69) is 5.32 Å². The smallest absolute Gasteiger partial charge is 0.224 e. The molecule has 1 aromatic rings. The number of hydrogen-bond donors (Lipinski definition) is 2. The maximum absolute atomic E-state index is 11.7. The summed E-state index contributed by atoms with van der Waals surface area (Å²) >= 11 is 0. The largest absolute Gasteiger partial charge is 0.497 e. The van der Waals surface area contributed by atoms with Crippen molar-refractivity contribution in [1.82, 2.24) is 0 Å². The molecule has 0 bridgehead atoms. The first-order valence-electron chi connectivity index (χ1n) is 5.92. The number of hydrogen-bond acceptors (Lipinski definition) is 3. The van der Waals surface area contributed by atoms with E-state index in [4.69, 9.17) is 10.5 Å². The van der Waals surface area contributed by atoms with Crippen molar-refractivity contribution in [1.29, 1.82) is 0 Å². The highest BCUT2D eigenvalue weighted by Gasteiger charge is 2.20. The summed E-state index contributed by atoms with van der Waals surface area (Å²) in [6.45, 7) is 0. The average molecular weight is 234 g/mol. The lowest BCUT2D eigenvalue weighted by Gasteiger charge is -2.24. The van der Waals surface area contributed by atoms with Crippen molar-refractivity contribution < 1.29 is 9.53 Å². The van der Waals surface area contributed by atoms with E-state index < -0.39 is 0 Å². The van der Waals surface area contributed by atoms with E-state index in [-0.39, 0.29) is 5.91 Å². The molecule has 0 atom stereocenters. The molecule has 1 aliphatic rings. The van der Waals surface area contributed by atoms with Crippen molar-refractivity contribution in [3.63, 3.8) is 0 Å². The Morgan fingerprint density at radius 1 is 1.53 bits per heavy atom. The van der Waals surface area contributed by atoms with Gasteiger partial charge < -0.3 is 15.8 Å². The SMILES string of the molecule is COc1ccc(NC(=O)CC2CCC2)c(N)c1. The van der Waals surface area contributed by atoms with Gasteiger partial charge in [-0.1, -0.05) is 6.42 Å². The van der Waals surface area contributed by atoms with Crippen LogP contribution < -0.4 is 15.8 Å². The minimum Gasteiger partial charge on any atom is -0.497 e. The second-order valence-corrected chi connectivity index (χ2v) is 4.50. The molecule has 3 N–H and O–H groups in total. The lowest BCUT2D eigenvalue weighted by atomic mass is 9.83. The zero-order valence-corrected chi connectivity index (χ0v) is 10.0. The lowest BCUT2D eigenvalue weighted by Crippen LogP contribution is -2.21. The Bertz CT molecular complexity index is 414. The monoisotopic (exact) mass is 234 g/mol. The Morgan fingerprint density at radius 2 is 2.29 bits per heavy atom. The van der Waals surface area contributed by atoms with Crippen LogP contribution in [0.1, 0.15) is 25.7 Å². The summed E-state index contributed by atoms with van der Waals surface area (Å²) in [5, 5.41) is 2.84. The second kappa shape index (κ2) is 5.08. The van der Waals surface area contributed by atoms with Crippen molar-refractivity contribution >= 4 is 17.3 Å². The van der Waals surface area contributed by atoms with Gasteiger partial charge in [0.2, 0.25) is 5.91 Å². The third kappa shape index (κ3) is 2.90. The van der Waals surface area contributed by atoms with Crippen LogP contribution in [0.5, 0.6) is 5.75 Å². The molecular weight excluding hydrogens is 216 g/mol. The summed E-state index contributed by atoms with van der Waals surface area (Å²) in [5.41, 5.74) is 7.02. The topological polar surface area (TPSA) is 64.3 Å². The van der Waals surface area contributed by atoms with Crippen LogP contribution in [0, 0.1) is 5.92 Å².